The minimum Gasteiger partial charge on any atom is -0.326 e. The molecule has 160 valence electrons. The van der Waals surface area contributed by atoms with Crippen molar-refractivity contribution in [3.8, 4) is 0 Å². The van der Waals surface area contributed by atoms with Gasteiger partial charge in [-0.2, -0.15) is 0 Å². The van der Waals surface area contributed by atoms with E-state index in [1.807, 2.05) is 0 Å². The highest BCUT2D eigenvalue weighted by Crippen LogP contribution is 2.24. The highest BCUT2D eigenvalue weighted by atomic mass is 35.5. The highest BCUT2D eigenvalue weighted by molar-refractivity contribution is 8.01. The standard InChI is InChI=1S/C21H19ClN4O3S2/c1-13(27)23-16-3-2-4-17(9-16)25-20(29)12-31-21-26-18(11-30-21)10-19(28)24-15-7-5-14(22)6-8-15/h2-9,11H,10,12H2,1H3,(H,23,27)(H,24,28)(H,25,29). The van der Waals surface area contributed by atoms with Gasteiger partial charge in [0.05, 0.1) is 17.9 Å². The quantitative estimate of drug-likeness (QED) is 0.412. The Morgan fingerprint density at radius 2 is 1.65 bits per heavy atom. The van der Waals surface area contributed by atoms with Gasteiger partial charge in [0, 0.05) is 34.4 Å². The Balaban J connectivity index is 1.46. The molecular formula is C21H19ClN4O3S2. The molecule has 3 aromatic rings. The summed E-state index contributed by atoms with van der Waals surface area (Å²) in [5, 5.41) is 10.7. The molecule has 3 amide bonds. The number of carbonyl (C=O) groups is 3. The first-order valence-electron chi connectivity index (χ1n) is 9.17. The zero-order chi connectivity index (χ0) is 22.2. The zero-order valence-electron chi connectivity index (χ0n) is 16.5. The van der Waals surface area contributed by atoms with E-state index in [2.05, 4.69) is 20.9 Å². The molecule has 2 aromatic carbocycles. The van der Waals surface area contributed by atoms with Gasteiger partial charge in [0.25, 0.3) is 0 Å². The molecule has 1 heterocycles. The maximum atomic E-state index is 12.2. The lowest BCUT2D eigenvalue weighted by Gasteiger charge is -2.07. The van der Waals surface area contributed by atoms with Gasteiger partial charge in [-0.3, -0.25) is 14.4 Å². The van der Waals surface area contributed by atoms with Crippen molar-refractivity contribution in [3.63, 3.8) is 0 Å². The second-order valence-corrected chi connectivity index (χ2v) is 8.95. The average molecular weight is 475 g/mol. The Labute approximate surface area is 192 Å². The van der Waals surface area contributed by atoms with E-state index in [0.717, 1.165) is 0 Å². The summed E-state index contributed by atoms with van der Waals surface area (Å²) in [5.41, 5.74) is 2.51. The summed E-state index contributed by atoms with van der Waals surface area (Å²) >= 11 is 8.52. The first-order chi connectivity index (χ1) is 14.9. The zero-order valence-corrected chi connectivity index (χ0v) is 18.9. The number of aromatic nitrogens is 1. The van der Waals surface area contributed by atoms with Crippen molar-refractivity contribution in [2.45, 2.75) is 17.7 Å². The normalized spacial score (nSPS) is 10.4. The molecule has 0 radical (unpaired) electrons. The molecule has 0 saturated carbocycles. The van der Waals surface area contributed by atoms with Crippen LogP contribution >= 0.6 is 34.7 Å². The third-order valence-corrected chi connectivity index (χ3v) is 6.12. The Morgan fingerprint density at radius 1 is 0.968 bits per heavy atom. The number of carbonyl (C=O) groups excluding carboxylic acids is 3. The van der Waals surface area contributed by atoms with Gasteiger partial charge in [-0.15, -0.1) is 11.3 Å². The van der Waals surface area contributed by atoms with Crippen molar-refractivity contribution in [1.29, 1.82) is 0 Å². The van der Waals surface area contributed by atoms with Crippen molar-refractivity contribution >= 4 is 69.5 Å². The summed E-state index contributed by atoms with van der Waals surface area (Å²) in [6.45, 7) is 1.42. The largest absolute Gasteiger partial charge is 0.326 e. The van der Waals surface area contributed by atoms with E-state index in [-0.39, 0.29) is 29.9 Å². The maximum absolute atomic E-state index is 12.2. The molecule has 1 aromatic heterocycles. The van der Waals surface area contributed by atoms with Crippen LogP contribution in [0.3, 0.4) is 0 Å². The van der Waals surface area contributed by atoms with Gasteiger partial charge < -0.3 is 16.0 Å². The molecule has 0 fully saturated rings. The number of nitrogens with zero attached hydrogens (tertiary/aromatic N) is 1. The van der Waals surface area contributed by atoms with E-state index >= 15 is 0 Å². The third kappa shape index (κ3) is 7.71. The number of anilines is 3. The van der Waals surface area contributed by atoms with Crippen LogP contribution in [-0.2, 0) is 20.8 Å². The van der Waals surface area contributed by atoms with Gasteiger partial charge in [0.15, 0.2) is 4.34 Å². The van der Waals surface area contributed by atoms with Gasteiger partial charge >= 0.3 is 0 Å². The monoisotopic (exact) mass is 474 g/mol. The Morgan fingerprint density at radius 3 is 2.35 bits per heavy atom. The van der Waals surface area contributed by atoms with Crippen molar-refractivity contribution in [2.24, 2.45) is 0 Å². The first-order valence-corrected chi connectivity index (χ1v) is 11.4. The summed E-state index contributed by atoms with van der Waals surface area (Å²) in [5.74, 6) is -0.377. The Bertz CT molecular complexity index is 1090. The van der Waals surface area contributed by atoms with E-state index in [0.29, 0.717) is 32.1 Å². The SMILES string of the molecule is CC(=O)Nc1cccc(NC(=O)CSc2nc(CC(=O)Nc3ccc(Cl)cc3)cs2)c1. The van der Waals surface area contributed by atoms with E-state index in [9.17, 15) is 14.4 Å². The molecule has 3 N–H and O–H groups in total. The summed E-state index contributed by atoms with van der Waals surface area (Å²) < 4.78 is 0.705. The van der Waals surface area contributed by atoms with Crippen molar-refractivity contribution < 1.29 is 14.4 Å². The van der Waals surface area contributed by atoms with Gasteiger partial charge in [-0.1, -0.05) is 29.4 Å². The van der Waals surface area contributed by atoms with Crippen molar-refractivity contribution in [2.75, 3.05) is 21.7 Å². The van der Waals surface area contributed by atoms with Crippen molar-refractivity contribution in [1.82, 2.24) is 4.98 Å². The predicted molar refractivity (Wildman–Crippen MR) is 126 cm³/mol. The minimum atomic E-state index is -0.192. The molecule has 0 saturated heterocycles. The lowest BCUT2D eigenvalue weighted by Crippen LogP contribution is -2.15. The fourth-order valence-corrected chi connectivity index (χ4v) is 4.31. The fourth-order valence-electron chi connectivity index (χ4n) is 2.54. The van der Waals surface area contributed by atoms with Crippen LogP contribution in [0.2, 0.25) is 5.02 Å². The number of amides is 3. The van der Waals surface area contributed by atoms with E-state index < -0.39 is 0 Å². The van der Waals surface area contributed by atoms with Crippen LogP contribution in [0.15, 0.2) is 58.3 Å². The van der Waals surface area contributed by atoms with Crippen LogP contribution in [0.1, 0.15) is 12.6 Å². The second-order valence-electron chi connectivity index (χ2n) is 6.44. The maximum Gasteiger partial charge on any atom is 0.234 e. The molecular weight excluding hydrogens is 456 g/mol. The number of hydrogen-bond acceptors (Lipinski definition) is 6. The molecule has 7 nitrogen and oxygen atoms in total. The lowest BCUT2D eigenvalue weighted by molar-refractivity contribution is -0.116. The van der Waals surface area contributed by atoms with Crippen LogP contribution in [0.4, 0.5) is 17.1 Å². The molecule has 0 aliphatic heterocycles. The number of nitrogens with one attached hydrogen (secondary N) is 3. The van der Waals surface area contributed by atoms with E-state index in [1.54, 1.807) is 53.9 Å². The summed E-state index contributed by atoms with van der Waals surface area (Å²) in [6.07, 6.45) is 0.141. The topological polar surface area (TPSA) is 100 Å². The van der Waals surface area contributed by atoms with Crippen LogP contribution in [0, 0.1) is 0 Å². The Hall–Kier alpha value is -2.88. The molecule has 10 heteroatoms. The molecule has 0 aliphatic carbocycles. The van der Waals surface area contributed by atoms with Crippen LogP contribution in [-0.4, -0.2) is 28.5 Å². The van der Waals surface area contributed by atoms with Crippen LogP contribution < -0.4 is 16.0 Å². The van der Waals surface area contributed by atoms with Gasteiger partial charge in [-0.05, 0) is 42.5 Å². The fraction of sp³-hybridized carbons (Fsp3) is 0.143. The van der Waals surface area contributed by atoms with Crippen LogP contribution in [0.5, 0.6) is 0 Å². The molecule has 0 aliphatic rings. The van der Waals surface area contributed by atoms with Gasteiger partial charge in [0.1, 0.15) is 0 Å². The number of rotatable bonds is 8. The summed E-state index contributed by atoms with van der Waals surface area (Å²) in [4.78, 5) is 39.9. The second kappa shape index (κ2) is 10.9. The van der Waals surface area contributed by atoms with E-state index in [1.165, 1.54) is 30.0 Å². The predicted octanol–water partition coefficient (Wildman–Crippen LogP) is 4.67. The molecule has 31 heavy (non-hydrogen) atoms. The summed E-state index contributed by atoms with van der Waals surface area (Å²) in [7, 11) is 0. The first kappa shape index (κ1) is 22.8. The number of thiazole rings is 1. The average Bonchev–Trinajstić information content (AvgIpc) is 3.15. The van der Waals surface area contributed by atoms with Gasteiger partial charge in [0.2, 0.25) is 17.7 Å². The van der Waals surface area contributed by atoms with E-state index in [4.69, 9.17) is 11.6 Å². The van der Waals surface area contributed by atoms with Crippen LogP contribution in [0.25, 0.3) is 0 Å². The van der Waals surface area contributed by atoms with Gasteiger partial charge in [-0.25, -0.2) is 4.98 Å². The highest BCUT2D eigenvalue weighted by Gasteiger charge is 2.11. The molecule has 0 atom stereocenters. The number of hydrogen-bond donors (Lipinski definition) is 3. The summed E-state index contributed by atoms with van der Waals surface area (Å²) in [6, 6.07) is 13.8. The number of halogens is 1. The van der Waals surface area contributed by atoms with Crippen molar-refractivity contribution in [3.05, 3.63) is 64.6 Å². The number of thioether (sulfide) groups is 1. The molecule has 0 bridgehead atoms. The third-order valence-electron chi connectivity index (χ3n) is 3.79. The lowest BCUT2D eigenvalue weighted by atomic mass is 10.2. The Kier molecular flexibility index (Phi) is 8.05. The minimum absolute atomic E-state index is 0.141. The smallest absolute Gasteiger partial charge is 0.234 e. The molecule has 3 rings (SSSR count). The molecule has 0 spiro atoms. The number of benzene rings is 2. The molecule has 0 unspecified atom stereocenters.